The van der Waals surface area contributed by atoms with Crippen LogP contribution in [0.2, 0.25) is 0 Å². The highest BCUT2D eigenvalue weighted by Crippen LogP contribution is 2.57. The number of hydrogen-bond acceptors (Lipinski definition) is 4. The van der Waals surface area contributed by atoms with Crippen molar-refractivity contribution in [1.29, 1.82) is 0 Å². The number of hydrogen-bond donors (Lipinski definition) is 0. The van der Waals surface area contributed by atoms with E-state index in [0.29, 0.717) is 0 Å². The minimum Gasteiger partial charge on any atom is -0.378 e. The van der Waals surface area contributed by atoms with Crippen LogP contribution in [0.5, 0.6) is 0 Å². The Labute approximate surface area is 173 Å². The zero-order chi connectivity index (χ0) is 19.9. The fraction of sp³-hybridized carbons (Fsp3) is 0.217. The quantitative estimate of drug-likeness (QED) is 0.574. The number of nitrogens with zero attached hydrogens (tertiary/aromatic N) is 2. The molecule has 0 amide bonds. The second-order valence-electron chi connectivity index (χ2n) is 7.38. The highest BCUT2D eigenvalue weighted by molar-refractivity contribution is 8.70. The standard InChI is InChI=1S/C23H24N2OS2/c1-24(2)19-13-9-17(10-14-19)23(18-11-15-20(16-12-18)25(3)4)21-7-5-6-8-22(21)28(26)27-23/h5-16H,1-4H3. The predicted octanol–water partition coefficient (Wildman–Crippen LogP) is 4.88. The van der Waals surface area contributed by atoms with Crippen LogP contribution in [0.3, 0.4) is 0 Å². The summed E-state index contributed by atoms with van der Waals surface area (Å²) in [5, 5.41) is 0. The van der Waals surface area contributed by atoms with E-state index in [-0.39, 0.29) is 0 Å². The van der Waals surface area contributed by atoms with Crippen LogP contribution in [-0.4, -0.2) is 32.4 Å². The van der Waals surface area contributed by atoms with Crippen LogP contribution in [0, 0.1) is 0 Å². The molecule has 1 aliphatic heterocycles. The molecule has 1 unspecified atom stereocenters. The van der Waals surface area contributed by atoms with E-state index in [4.69, 9.17) is 0 Å². The van der Waals surface area contributed by atoms with Gasteiger partial charge in [-0.15, -0.1) is 0 Å². The summed E-state index contributed by atoms with van der Waals surface area (Å²) in [5.74, 6) is 0. The van der Waals surface area contributed by atoms with Crippen molar-refractivity contribution in [3.63, 3.8) is 0 Å². The number of rotatable bonds is 4. The molecule has 0 spiro atoms. The third-order valence-electron chi connectivity index (χ3n) is 5.23. The average Bonchev–Trinajstić information content (AvgIpc) is 3.02. The molecular formula is C23H24N2OS2. The van der Waals surface area contributed by atoms with Crippen molar-refractivity contribution >= 4 is 32.0 Å². The zero-order valence-electron chi connectivity index (χ0n) is 16.5. The lowest BCUT2D eigenvalue weighted by Gasteiger charge is -2.30. The molecular weight excluding hydrogens is 384 g/mol. The molecule has 0 aliphatic carbocycles. The van der Waals surface area contributed by atoms with Crippen LogP contribution >= 0.6 is 10.8 Å². The van der Waals surface area contributed by atoms with E-state index in [1.807, 2.05) is 46.4 Å². The Morgan fingerprint density at radius 3 is 1.64 bits per heavy atom. The fourth-order valence-electron chi connectivity index (χ4n) is 3.67. The monoisotopic (exact) mass is 408 g/mol. The smallest absolute Gasteiger partial charge is 0.115 e. The Morgan fingerprint density at radius 2 is 1.18 bits per heavy atom. The van der Waals surface area contributed by atoms with Gasteiger partial charge in [0.2, 0.25) is 0 Å². The van der Waals surface area contributed by atoms with Crippen LogP contribution in [0.15, 0.2) is 77.7 Å². The zero-order valence-corrected chi connectivity index (χ0v) is 18.2. The van der Waals surface area contributed by atoms with Crippen molar-refractivity contribution in [3.8, 4) is 0 Å². The average molecular weight is 409 g/mol. The summed E-state index contributed by atoms with van der Waals surface area (Å²) in [6.07, 6.45) is 0. The molecule has 28 heavy (non-hydrogen) atoms. The second kappa shape index (κ2) is 7.30. The van der Waals surface area contributed by atoms with Crippen LogP contribution in [0.25, 0.3) is 0 Å². The Kier molecular flexibility index (Phi) is 4.98. The van der Waals surface area contributed by atoms with Crippen molar-refractivity contribution in [1.82, 2.24) is 0 Å². The van der Waals surface area contributed by atoms with Crippen LogP contribution in [0.4, 0.5) is 11.4 Å². The first kappa shape index (κ1) is 19.1. The van der Waals surface area contributed by atoms with E-state index in [1.165, 1.54) is 10.8 Å². The van der Waals surface area contributed by atoms with E-state index < -0.39 is 14.6 Å². The maximum absolute atomic E-state index is 13.0. The summed E-state index contributed by atoms with van der Waals surface area (Å²) in [5.41, 5.74) is 5.73. The maximum Gasteiger partial charge on any atom is 0.115 e. The van der Waals surface area contributed by atoms with Gasteiger partial charge in [-0.2, -0.15) is 0 Å². The number of anilines is 2. The molecule has 1 atom stereocenters. The Hall–Kier alpha value is -2.24. The van der Waals surface area contributed by atoms with Gasteiger partial charge in [0.1, 0.15) is 14.6 Å². The van der Waals surface area contributed by atoms with Gasteiger partial charge in [-0.05, 0) is 57.8 Å². The van der Waals surface area contributed by atoms with Gasteiger partial charge in [0, 0.05) is 39.6 Å². The Balaban J connectivity index is 1.94. The van der Waals surface area contributed by atoms with Crippen molar-refractivity contribution in [3.05, 3.63) is 89.5 Å². The first-order chi connectivity index (χ1) is 13.4. The van der Waals surface area contributed by atoms with Gasteiger partial charge < -0.3 is 9.80 Å². The lowest BCUT2D eigenvalue weighted by atomic mass is 9.83. The third kappa shape index (κ3) is 3.03. The van der Waals surface area contributed by atoms with Gasteiger partial charge in [0.25, 0.3) is 0 Å². The highest BCUT2D eigenvalue weighted by Gasteiger charge is 2.46. The van der Waals surface area contributed by atoms with Gasteiger partial charge in [0.15, 0.2) is 0 Å². The van der Waals surface area contributed by atoms with Gasteiger partial charge in [-0.25, -0.2) is 4.21 Å². The van der Waals surface area contributed by atoms with E-state index in [2.05, 4.69) is 64.4 Å². The predicted molar refractivity (Wildman–Crippen MR) is 122 cm³/mol. The van der Waals surface area contributed by atoms with Crippen molar-refractivity contribution < 1.29 is 4.21 Å². The van der Waals surface area contributed by atoms with Gasteiger partial charge in [0.05, 0.1) is 4.90 Å². The van der Waals surface area contributed by atoms with Crippen LogP contribution < -0.4 is 9.80 Å². The molecule has 0 saturated heterocycles. The fourth-order valence-corrected chi connectivity index (χ4v) is 7.61. The molecule has 4 rings (SSSR count). The summed E-state index contributed by atoms with van der Waals surface area (Å²) < 4.78 is 12.6. The van der Waals surface area contributed by atoms with Crippen LogP contribution in [-0.2, 0) is 14.6 Å². The molecule has 1 aliphatic rings. The van der Waals surface area contributed by atoms with Gasteiger partial charge in [-0.1, -0.05) is 42.5 Å². The summed E-state index contributed by atoms with van der Waals surface area (Å²) in [4.78, 5) is 5.10. The molecule has 0 aromatic heterocycles. The molecule has 3 aromatic rings. The van der Waals surface area contributed by atoms with E-state index >= 15 is 0 Å². The second-order valence-corrected chi connectivity index (χ2v) is 10.5. The maximum atomic E-state index is 13.0. The summed E-state index contributed by atoms with van der Waals surface area (Å²) in [6, 6.07) is 25.3. The summed E-state index contributed by atoms with van der Waals surface area (Å²) in [6.45, 7) is 0. The molecule has 0 fully saturated rings. The van der Waals surface area contributed by atoms with Crippen molar-refractivity contribution in [2.75, 3.05) is 38.0 Å². The lowest BCUT2D eigenvalue weighted by molar-refractivity contribution is 0.692. The molecule has 0 bridgehead atoms. The van der Waals surface area contributed by atoms with Crippen molar-refractivity contribution in [2.24, 2.45) is 0 Å². The van der Waals surface area contributed by atoms with Crippen molar-refractivity contribution in [2.45, 2.75) is 9.64 Å². The minimum atomic E-state index is -1.10. The molecule has 3 nitrogen and oxygen atoms in total. The lowest BCUT2D eigenvalue weighted by Crippen LogP contribution is -2.23. The molecule has 1 heterocycles. The van der Waals surface area contributed by atoms with E-state index in [1.54, 1.807) is 0 Å². The molecule has 5 heteroatoms. The normalized spacial score (nSPS) is 17.2. The highest BCUT2D eigenvalue weighted by atomic mass is 33.1. The first-order valence-corrected chi connectivity index (χ1v) is 11.7. The molecule has 0 radical (unpaired) electrons. The number of benzene rings is 3. The summed E-state index contributed by atoms with van der Waals surface area (Å²) >= 11 is 0. The molecule has 0 N–H and O–H groups in total. The SMILES string of the molecule is CN(C)c1ccc(C2(c3ccc(N(C)C)cc3)SS(=O)c3ccccc32)cc1. The largest absolute Gasteiger partial charge is 0.378 e. The minimum absolute atomic E-state index is 0.475. The Morgan fingerprint density at radius 1 is 0.714 bits per heavy atom. The number of fused-ring (bicyclic) bond motifs is 1. The first-order valence-electron chi connectivity index (χ1n) is 9.20. The summed E-state index contributed by atoms with van der Waals surface area (Å²) in [7, 11) is 8.59. The van der Waals surface area contributed by atoms with E-state index in [9.17, 15) is 4.21 Å². The van der Waals surface area contributed by atoms with Crippen LogP contribution in [0.1, 0.15) is 16.7 Å². The van der Waals surface area contributed by atoms with Gasteiger partial charge in [-0.3, -0.25) is 0 Å². The molecule has 144 valence electrons. The Bertz CT molecular complexity index is 960. The van der Waals surface area contributed by atoms with Gasteiger partial charge >= 0.3 is 0 Å². The molecule has 3 aromatic carbocycles. The molecule has 0 saturated carbocycles. The van der Waals surface area contributed by atoms with E-state index in [0.717, 1.165) is 33.0 Å². The third-order valence-corrected chi connectivity index (χ3v) is 8.78. The topological polar surface area (TPSA) is 23.6 Å².